The van der Waals surface area contributed by atoms with Gasteiger partial charge in [-0.15, -0.1) is 0 Å². The van der Waals surface area contributed by atoms with Crippen molar-refractivity contribution in [2.24, 2.45) is 0 Å². The number of hydrogen-bond acceptors (Lipinski definition) is 3. The first kappa shape index (κ1) is 11.7. The Labute approximate surface area is 104 Å². The van der Waals surface area contributed by atoms with Gasteiger partial charge in [-0.3, -0.25) is 0 Å². The zero-order valence-corrected chi connectivity index (χ0v) is 10.8. The monoisotopic (exact) mass is 285 g/mol. The minimum Gasteiger partial charge on any atom is -0.504 e. The lowest BCUT2D eigenvalue weighted by Crippen LogP contribution is -2.27. The van der Waals surface area contributed by atoms with E-state index >= 15 is 0 Å². The van der Waals surface area contributed by atoms with Gasteiger partial charge in [0.15, 0.2) is 11.5 Å². The van der Waals surface area contributed by atoms with Gasteiger partial charge in [-0.25, -0.2) is 0 Å². The minimum atomic E-state index is -0.0658. The number of halogens is 1. The van der Waals surface area contributed by atoms with E-state index in [0.717, 1.165) is 24.1 Å². The summed E-state index contributed by atoms with van der Waals surface area (Å²) in [5.74, 6) is -0.128. The third-order valence-electron chi connectivity index (χ3n) is 3.12. The van der Waals surface area contributed by atoms with Crippen molar-refractivity contribution in [2.75, 3.05) is 6.54 Å². The Kier molecular flexibility index (Phi) is 3.40. The van der Waals surface area contributed by atoms with Crippen LogP contribution in [0.3, 0.4) is 0 Å². The SMILES string of the molecule is Cc1cc(O)c(O)c(Br)c1C1CCCCN1. The van der Waals surface area contributed by atoms with Crippen molar-refractivity contribution in [1.82, 2.24) is 5.32 Å². The quantitative estimate of drug-likeness (QED) is 0.696. The summed E-state index contributed by atoms with van der Waals surface area (Å²) in [5.41, 5.74) is 2.07. The molecule has 4 heteroatoms. The fourth-order valence-corrected chi connectivity index (χ4v) is 3.08. The third kappa shape index (κ3) is 2.04. The molecule has 2 rings (SSSR count). The molecule has 3 N–H and O–H groups in total. The van der Waals surface area contributed by atoms with Crippen LogP contribution < -0.4 is 5.32 Å². The number of aromatic hydroxyl groups is 2. The van der Waals surface area contributed by atoms with Gasteiger partial charge in [-0.05, 0) is 59.4 Å². The van der Waals surface area contributed by atoms with Crippen LogP contribution in [0.25, 0.3) is 0 Å². The average Bonchev–Trinajstić information content (AvgIpc) is 2.28. The van der Waals surface area contributed by atoms with Crippen molar-refractivity contribution in [3.63, 3.8) is 0 Å². The highest BCUT2D eigenvalue weighted by atomic mass is 79.9. The highest BCUT2D eigenvalue weighted by Crippen LogP contribution is 2.42. The van der Waals surface area contributed by atoms with Crippen molar-refractivity contribution < 1.29 is 10.2 Å². The smallest absolute Gasteiger partial charge is 0.172 e. The number of hydrogen-bond donors (Lipinski definition) is 3. The molecule has 88 valence electrons. The molecule has 1 aliphatic rings. The molecule has 1 fully saturated rings. The molecule has 16 heavy (non-hydrogen) atoms. The molecule has 0 aliphatic carbocycles. The lowest BCUT2D eigenvalue weighted by Gasteiger charge is -2.26. The molecule has 0 radical (unpaired) electrons. The van der Waals surface area contributed by atoms with Crippen molar-refractivity contribution in [3.8, 4) is 11.5 Å². The number of phenolic OH excluding ortho intramolecular Hbond substituents is 2. The van der Waals surface area contributed by atoms with Crippen molar-refractivity contribution >= 4 is 15.9 Å². The zero-order valence-electron chi connectivity index (χ0n) is 9.26. The lowest BCUT2D eigenvalue weighted by atomic mass is 9.94. The maximum atomic E-state index is 9.72. The molecule has 0 aromatic heterocycles. The van der Waals surface area contributed by atoms with Gasteiger partial charge < -0.3 is 15.5 Å². The summed E-state index contributed by atoms with van der Waals surface area (Å²) in [6, 6.07) is 1.89. The van der Waals surface area contributed by atoms with Crippen LogP contribution in [-0.2, 0) is 0 Å². The van der Waals surface area contributed by atoms with E-state index in [9.17, 15) is 10.2 Å². The van der Waals surface area contributed by atoms with E-state index in [1.54, 1.807) is 6.07 Å². The standard InChI is InChI=1S/C12H16BrNO2/c1-7-6-9(15)12(16)11(13)10(7)8-4-2-3-5-14-8/h6,8,14-16H,2-5H2,1H3. The van der Waals surface area contributed by atoms with Gasteiger partial charge in [0.1, 0.15) is 0 Å². The first-order valence-corrected chi connectivity index (χ1v) is 6.35. The molecule has 3 nitrogen and oxygen atoms in total. The van der Waals surface area contributed by atoms with E-state index in [0.29, 0.717) is 4.47 Å². The summed E-state index contributed by atoms with van der Waals surface area (Å²) in [5, 5.41) is 22.7. The van der Waals surface area contributed by atoms with E-state index in [1.807, 2.05) is 6.92 Å². The van der Waals surface area contributed by atoms with Crippen molar-refractivity contribution in [3.05, 3.63) is 21.7 Å². The van der Waals surface area contributed by atoms with Gasteiger partial charge >= 0.3 is 0 Å². The second-order valence-corrected chi connectivity index (χ2v) is 5.08. The average molecular weight is 286 g/mol. The topological polar surface area (TPSA) is 52.5 Å². The first-order valence-electron chi connectivity index (χ1n) is 5.55. The number of rotatable bonds is 1. The number of phenols is 2. The summed E-state index contributed by atoms with van der Waals surface area (Å²) in [6.45, 7) is 2.97. The molecule has 0 saturated carbocycles. The summed E-state index contributed by atoms with van der Waals surface area (Å²) in [6.07, 6.45) is 3.48. The molecular formula is C12H16BrNO2. The van der Waals surface area contributed by atoms with Gasteiger partial charge in [-0.1, -0.05) is 6.42 Å². The second-order valence-electron chi connectivity index (χ2n) is 4.29. The zero-order chi connectivity index (χ0) is 11.7. The fraction of sp³-hybridized carbons (Fsp3) is 0.500. The Bertz CT molecular complexity index is 400. The van der Waals surface area contributed by atoms with Crippen LogP contribution in [0.1, 0.15) is 36.4 Å². The Balaban J connectivity index is 2.42. The Hall–Kier alpha value is -0.740. The van der Waals surface area contributed by atoms with E-state index in [-0.39, 0.29) is 17.5 Å². The van der Waals surface area contributed by atoms with Crippen LogP contribution in [-0.4, -0.2) is 16.8 Å². The predicted molar refractivity (Wildman–Crippen MR) is 66.8 cm³/mol. The summed E-state index contributed by atoms with van der Waals surface area (Å²) >= 11 is 3.37. The van der Waals surface area contributed by atoms with Gasteiger partial charge in [0.2, 0.25) is 0 Å². The normalized spacial score (nSPS) is 21.0. The molecule has 0 bridgehead atoms. The van der Waals surface area contributed by atoms with Crippen LogP contribution in [0.5, 0.6) is 11.5 Å². The van der Waals surface area contributed by atoms with E-state index in [1.165, 1.54) is 12.8 Å². The number of aryl methyl sites for hydroxylation is 1. The summed E-state index contributed by atoms with van der Waals surface area (Å²) < 4.78 is 0.615. The van der Waals surface area contributed by atoms with Crippen LogP contribution in [0.2, 0.25) is 0 Å². The molecule has 1 saturated heterocycles. The highest BCUT2D eigenvalue weighted by molar-refractivity contribution is 9.10. The van der Waals surface area contributed by atoms with Gasteiger partial charge in [0.25, 0.3) is 0 Å². The van der Waals surface area contributed by atoms with Crippen LogP contribution >= 0.6 is 15.9 Å². The van der Waals surface area contributed by atoms with E-state index in [2.05, 4.69) is 21.2 Å². The number of nitrogens with one attached hydrogen (secondary N) is 1. The molecule has 1 aromatic carbocycles. The molecule has 1 atom stereocenters. The molecule has 1 aromatic rings. The van der Waals surface area contributed by atoms with Gasteiger partial charge in [0, 0.05) is 6.04 Å². The van der Waals surface area contributed by atoms with Crippen molar-refractivity contribution in [2.45, 2.75) is 32.2 Å². The highest BCUT2D eigenvalue weighted by Gasteiger charge is 2.22. The predicted octanol–water partition coefficient (Wildman–Crippen LogP) is 2.98. The lowest BCUT2D eigenvalue weighted by molar-refractivity contribution is 0.388. The summed E-state index contributed by atoms with van der Waals surface area (Å²) in [4.78, 5) is 0. The van der Waals surface area contributed by atoms with E-state index < -0.39 is 0 Å². The Morgan fingerprint density at radius 2 is 2.12 bits per heavy atom. The molecule has 0 amide bonds. The number of benzene rings is 1. The molecule has 1 heterocycles. The molecular weight excluding hydrogens is 270 g/mol. The van der Waals surface area contributed by atoms with Crippen LogP contribution in [0.4, 0.5) is 0 Å². The van der Waals surface area contributed by atoms with E-state index in [4.69, 9.17) is 0 Å². The first-order chi connectivity index (χ1) is 7.61. The van der Waals surface area contributed by atoms with Gasteiger partial charge in [0.05, 0.1) is 4.47 Å². The summed E-state index contributed by atoms with van der Waals surface area (Å²) in [7, 11) is 0. The van der Waals surface area contributed by atoms with Gasteiger partial charge in [-0.2, -0.15) is 0 Å². The largest absolute Gasteiger partial charge is 0.504 e. The maximum Gasteiger partial charge on any atom is 0.172 e. The maximum absolute atomic E-state index is 9.72. The fourth-order valence-electron chi connectivity index (χ4n) is 2.29. The number of piperidine rings is 1. The molecule has 1 aliphatic heterocycles. The molecule has 0 spiro atoms. The second kappa shape index (κ2) is 4.63. The van der Waals surface area contributed by atoms with Crippen LogP contribution in [0, 0.1) is 6.92 Å². The van der Waals surface area contributed by atoms with Crippen molar-refractivity contribution in [1.29, 1.82) is 0 Å². The third-order valence-corrected chi connectivity index (χ3v) is 3.93. The molecule has 1 unspecified atom stereocenters. The Morgan fingerprint density at radius 1 is 1.38 bits per heavy atom. The van der Waals surface area contributed by atoms with Crippen LogP contribution in [0.15, 0.2) is 10.5 Å². The Morgan fingerprint density at radius 3 is 2.75 bits per heavy atom. The minimum absolute atomic E-state index is 0.0621.